The number of nitrogens with one attached hydrogen (secondary N) is 2. The van der Waals surface area contributed by atoms with E-state index in [9.17, 15) is 4.79 Å². The monoisotopic (exact) mass is 277 g/mol. The Kier molecular flexibility index (Phi) is 4.84. The van der Waals surface area contributed by atoms with E-state index >= 15 is 0 Å². The van der Waals surface area contributed by atoms with E-state index in [4.69, 9.17) is 10.5 Å². The highest BCUT2D eigenvalue weighted by Crippen LogP contribution is 2.26. The van der Waals surface area contributed by atoms with Gasteiger partial charge in [-0.15, -0.1) is 0 Å². The molecule has 0 aliphatic carbocycles. The summed E-state index contributed by atoms with van der Waals surface area (Å²) >= 11 is 0. The third-order valence-electron chi connectivity index (χ3n) is 3.84. The molecule has 1 heterocycles. The number of ether oxygens (including phenoxy) is 1. The first-order chi connectivity index (χ1) is 9.65. The van der Waals surface area contributed by atoms with Crippen molar-refractivity contribution in [2.24, 2.45) is 5.92 Å². The van der Waals surface area contributed by atoms with E-state index in [1.807, 2.05) is 6.07 Å². The van der Waals surface area contributed by atoms with Crippen LogP contribution in [0.4, 0.5) is 11.4 Å². The van der Waals surface area contributed by atoms with Crippen molar-refractivity contribution in [3.05, 3.63) is 23.8 Å². The first-order valence-electron chi connectivity index (χ1n) is 7.12. The topological polar surface area (TPSA) is 76.4 Å². The second-order valence-corrected chi connectivity index (χ2v) is 5.13. The summed E-state index contributed by atoms with van der Waals surface area (Å²) in [7, 11) is 1.61. The zero-order valence-electron chi connectivity index (χ0n) is 12.1. The molecule has 1 aliphatic rings. The van der Waals surface area contributed by atoms with Crippen LogP contribution in [0.15, 0.2) is 18.2 Å². The van der Waals surface area contributed by atoms with Gasteiger partial charge in [-0.05, 0) is 31.0 Å². The summed E-state index contributed by atoms with van der Waals surface area (Å²) in [6.07, 6.45) is 2.47. The van der Waals surface area contributed by atoms with Crippen LogP contribution in [0.1, 0.15) is 30.1 Å². The predicted octanol–water partition coefficient (Wildman–Crippen LogP) is 1.86. The van der Waals surface area contributed by atoms with Crippen LogP contribution in [0.5, 0.6) is 0 Å². The van der Waals surface area contributed by atoms with E-state index in [1.54, 1.807) is 19.2 Å². The number of nitrogens with two attached hydrogens (primary N) is 1. The Bertz CT molecular complexity index is 476. The summed E-state index contributed by atoms with van der Waals surface area (Å²) in [6.45, 7) is 3.84. The molecule has 1 aliphatic heterocycles. The standard InChI is InChI=1S/C15H23N3O2/c1-3-14-11(6-7-20-14)9-18-13-5-4-10(8-12(13)16)15(19)17-2/h4-5,8,11,14,18H,3,6-7,9,16H2,1-2H3,(H,17,19). The molecule has 4 N–H and O–H groups in total. The normalized spacial score (nSPS) is 21.7. The fourth-order valence-corrected chi connectivity index (χ4v) is 2.63. The van der Waals surface area contributed by atoms with Crippen molar-refractivity contribution >= 4 is 17.3 Å². The SMILES string of the molecule is CCC1OCCC1CNc1ccc(C(=O)NC)cc1N. The molecule has 20 heavy (non-hydrogen) atoms. The Morgan fingerprint density at radius 3 is 2.95 bits per heavy atom. The maximum absolute atomic E-state index is 11.5. The van der Waals surface area contributed by atoms with E-state index in [0.29, 0.717) is 23.3 Å². The fraction of sp³-hybridized carbons (Fsp3) is 0.533. The zero-order chi connectivity index (χ0) is 14.5. The lowest BCUT2D eigenvalue weighted by molar-refractivity contribution is 0.0900. The van der Waals surface area contributed by atoms with Gasteiger partial charge in [-0.1, -0.05) is 6.92 Å². The van der Waals surface area contributed by atoms with Crippen LogP contribution < -0.4 is 16.4 Å². The predicted molar refractivity (Wildman–Crippen MR) is 80.9 cm³/mol. The van der Waals surface area contributed by atoms with Gasteiger partial charge in [0.15, 0.2) is 0 Å². The largest absolute Gasteiger partial charge is 0.397 e. The zero-order valence-corrected chi connectivity index (χ0v) is 12.1. The van der Waals surface area contributed by atoms with Crippen LogP contribution in [0.3, 0.4) is 0 Å². The number of nitrogen functional groups attached to an aromatic ring is 1. The van der Waals surface area contributed by atoms with Gasteiger partial charge in [-0.25, -0.2) is 0 Å². The number of carbonyl (C=O) groups excluding carboxylic acids is 1. The molecule has 110 valence electrons. The van der Waals surface area contributed by atoms with Crippen LogP contribution in [0.2, 0.25) is 0 Å². The van der Waals surface area contributed by atoms with Gasteiger partial charge in [0.25, 0.3) is 5.91 Å². The summed E-state index contributed by atoms with van der Waals surface area (Å²) in [4.78, 5) is 11.5. The van der Waals surface area contributed by atoms with Crippen LogP contribution in [-0.4, -0.2) is 32.2 Å². The van der Waals surface area contributed by atoms with Crippen molar-refractivity contribution < 1.29 is 9.53 Å². The molecule has 2 atom stereocenters. The number of rotatable bonds is 5. The number of carbonyl (C=O) groups is 1. The summed E-state index contributed by atoms with van der Waals surface area (Å²) in [5.74, 6) is 0.400. The molecule has 2 rings (SSSR count). The number of hydrogen-bond donors (Lipinski definition) is 3. The van der Waals surface area contributed by atoms with Gasteiger partial charge in [-0.2, -0.15) is 0 Å². The molecule has 1 amide bonds. The van der Waals surface area contributed by atoms with Gasteiger partial charge in [0.2, 0.25) is 0 Å². The highest BCUT2D eigenvalue weighted by atomic mass is 16.5. The van der Waals surface area contributed by atoms with Gasteiger partial charge in [0, 0.05) is 31.7 Å². The average molecular weight is 277 g/mol. The van der Waals surface area contributed by atoms with Crippen LogP contribution in [0, 0.1) is 5.92 Å². The Labute approximate surface area is 119 Å². The van der Waals surface area contributed by atoms with E-state index in [-0.39, 0.29) is 5.91 Å². The molecule has 0 saturated carbocycles. The summed E-state index contributed by atoms with van der Waals surface area (Å²) in [5, 5.41) is 5.95. The van der Waals surface area contributed by atoms with Gasteiger partial charge in [-0.3, -0.25) is 4.79 Å². The summed E-state index contributed by atoms with van der Waals surface area (Å²) in [5.41, 5.74) is 8.04. The lowest BCUT2D eigenvalue weighted by atomic mass is 9.99. The van der Waals surface area contributed by atoms with Gasteiger partial charge in [0.1, 0.15) is 0 Å². The van der Waals surface area contributed by atoms with E-state index in [2.05, 4.69) is 17.6 Å². The first-order valence-corrected chi connectivity index (χ1v) is 7.12. The fourth-order valence-electron chi connectivity index (χ4n) is 2.63. The second kappa shape index (κ2) is 6.61. The summed E-state index contributed by atoms with van der Waals surface area (Å²) in [6, 6.07) is 5.33. The van der Waals surface area contributed by atoms with Gasteiger partial charge in [0.05, 0.1) is 17.5 Å². The molecule has 0 aromatic heterocycles. The first kappa shape index (κ1) is 14.7. The van der Waals surface area contributed by atoms with Crippen molar-refractivity contribution in [3.8, 4) is 0 Å². The van der Waals surface area contributed by atoms with Crippen molar-refractivity contribution in [1.82, 2.24) is 5.32 Å². The van der Waals surface area contributed by atoms with Crippen molar-refractivity contribution in [2.45, 2.75) is 25.9 Å². The van der Waals surface area contributed by atoms with E-state index in [1.165, 1.54) is 0 Å². The highest BCUT2D eigenvalue weighted by Gasteiger charge is 2.26. The number of amides is 1. The van der Waals surface area contributed by atoms with Crippen molar-refractivity contribution in [2.75, 3.05) is 31.2 Å². The quantitative estimate of drug-likeness (QED) is 0.718. The molecular weight excluding hydrogens is 254 g/mol. The van der Waals surface area contributed by atoms with Crippen molar-refractivity contribution in [1.29, 1.82) is 0 Å². The molecule has 0 bridgehead atoms. The minimum absolute atomic E-state index is 0.126. The Balaban J connectivity index is 1.98. The summed E-state index contributed by atoms with van der Waals surface area (Å²) < 4.78 is 5.67. The molecule has 1 aromatic carbocycles. The van der Waals surface area contributed by atoms with E-state index in [0.717, 1.165) is 31.7 Å². The maximum Gasteiger partial charge on any atom is 0.251 e. The molecule has 1 aromatic rings. The lowest BCUT2D eigenvalue weighted by Crippen LogP contribution is -2.23. The maximum atomic E-state index is 11.5. The van der Waals surface area contributed by atoms with Crippen LogP contribution >= 0.6 is 0 Å². The van der Waals surface area contributed by atoms with Crippen molar-refractivity contribution in [3.63, 3.8) is 0 Å². The minimum atomic E-state index is -0.126. The van der Waals surface area contributed by atoms with Crippen LogP contribution in [0.25, 0.3) is 0 Å². The molecule has 1 saturated heterocycles. The third-order valence-corrected chi connectivity index (χ3v) is 3.84. The number of benzene rings is 1. The smallest absolute Gasteiger partial charge is 0.251 e. The average Bonchev–Trinajstić information content (AvgIpc) is 2.92. The molecule has 1 fully saturated rings. The number of hydrogen-bond acceptors (Lipinski definition) is 4. The lowest BCUT2D eigenvalue weighted by Gasteiger charge is -2.19. The molecule has 0 radical (unpaired) electrons. The third kappa shape index (κ3) is 3.22. The second-order valence-electron chi connectivity index (χ2n) is 5.13. The Morgan fingerprint density at radius 1 is 1.50 bits per heavy atom. The minimum Gasteiger partial charge on any atom is -0.397 e. The number of anilines is 2. The molecule has 5 heteroatoms. The highest BCUT2D eigenvalue weighted by molar-refractivity contribution is 5.95. The van der Waals surface area contributed by atoms with Gasteiger partial charge >= 0.3 is 0 Å². The Hall–Kier alpha value is -1.75. The molecule has 5 nitrogen and oxygen atoms in total. The molecular formula is C15H23N3O2. The molecule has 2 unspecified atom stereocenters. The Morgan fingerprint density at radius 2 is 2.30 bits per heavy atom. The van der Waals surface area contributed by atoms with E-state index < -0.39 is 0 Å². The van der Waals surface area contributed by atoms with Gasteiger partial charge < -0.3 is 21.1 Å². The molecule has 0 spiro atoms. The van der Waals surface area contributed by atoms with Crippen LogP contribution in [-0.2, 0) is 4.74 Å².